The smallest absolute Gasteiger partial charge is 0.0771 e. The van der Waals surface area contributed by atoms with Gasteiger partial charge in [-0.25, -0.2) is 0 Å². The predicted octanol–water partition coefficient (Wildman–Crippen LogP) is 2.08. The summed E-state index contributed by atoms with van der Waals surface area (Å²) in [6.07, 6.45) is 6.89. The van der Waals surface area contributed by atoms with Crippen LogP contribution >= 0.6 is 0 Å². The molecule has 0 spiro atoms. The lowest BCUT2D eigenvalue weighted by molar-refractivity contribution is -0.131. The van der Waals surface area contributed by atoms with Crippen molar-refractivity contribution >= 4 is 0 Å². The molecule has 2 fully saturated rings. The molecule has 17 heavy (non-hydrogen) atoms. The minimum absolute atomic E-state index is 0.287. The summed E-state index contributed by atoms with van der Waals surface area (Å²) < 4.78 is 5.58. The summed E-state index contributed by atoms with van der Waals surface area (Å²) >= 11 is 0. The second-order valence-electron chi connectivity index (χ2n) is 5.91. The van der Waals surface area contributed by atoms with Crippen LogP contribution in [0.15, 0.2) is 0 Å². The van der Waals surface area contributed by atoms with E-state index in [0.717, 1.165) is 38.6 Å². The van der Waals surface area contributed by atoms with Crippen LogP contribution in [-0.4, -0.2) is 36.5 Å². The molecule has 2 N–H and O–H groups in total. The number of hydrogen-bond donors (Lipinski definition) is 2. The Balaban J connectivity index is 1.88. The molecule has 0 aromatic heterocycles. The molecule has 100 valence electrons. The third-order valence-corrected chi connectivity index (χ3v) is 5.35. The zero-order valence-electron chi connectivity index (χ0n) is 11.5. The van der Waals surface area contributed by atoms with E-state index in [1.165, 1.54) is 6.42 Å². The van der Waals surface area contributed by atoms with E-state index in [1.54, 1.807) is 0 Å². The fraction of sp³-hybridized carbons (Fsp3) is 1.00. The molecular formula is C14H27NO2. The molecule has 2 unspecified atom stereocenters. The Morgan fingerprint density at radius 2 is 1.94 bits per heavy atom. The van der Waals surface area contributed by atoms with E-state index < -0.39 is 5.60 Å². The third kappa shape index (κ3) is 2.13. The van der Waals surface area contributed by atoms with Crippen molar-refractivity contribution in [3.63, 3.8) is 0 Å². The zero-order valence-corrected chi connectivity index (χ0v) is 11.5. The van der Waals surface area contributed by atoms with E-state index in [4.69, 9.17) is 4.74 Å². The van der Waals surface area contributed by atoms with Gasteiger partial charge in [0.05, 0.1) is 11.7 Å². The highest BCUT2D eigenvalue weighted by Gasteiger charge is 2.53. The molecule has 2 saturated carbocycles. The number of aliphatic hydroxyl groups is 1. The molecule has 2 atom stereocenters. The molecule has 0 aliphatic heterocycles. The second-order valence-corrected chi connectivity index (χ2v) is 5.91. The van der Waals surface area contributed by atoms with Crippen LogP contribution in [0.3, 0.4) is 0 Å². The maximum atomic E-state index is 10.1. The first kappa shape index (κ1) is 13.3. The van der Waals surface area contributed by atoms with Gasteiger partial charge in [0.1, 0.15) is 0 Å². The maximum Gasteiger partial charge on any atom is 0.0771 e. The van der Waals surface area contributed by atoms with Crippen molar-refractivity contribution in [3.05, 3.63) is 0 Å². The number of ether oxygens (including phenoxy) is 1. The Hall–Kier alpha value is -0.120. The SMILES string of the molecule is CCC1(CC)C(NCC2(O)CCC2)CC1OC. The Morgan fingerprint density at radius 3 is 2.35 bits per heavy atom. The van der Waals surface area contributed by atoms with E-state index >= 15 is 0 Å². The van der Waals surface area contributed by atoms with E-state index in [0.29, 0.717) is 12.1 Å². The summed E-state index contributed by atoms with van der Waals surface area (Å²) in [5, 5.41) is 13.7. The third-order valence-electron chi connectivity index (χ3n) is 5.35. The van der Waals surface area contributed by atoms with Crippen LogP contribution in [0.4, 0.5) is 0 Å². The van der Waals surface area contributed by atoms with Gasteiger partial charge in [0.25, 0.3) is 0 Å². The summed E-state index contributed by atoms with van der Waals surface area (Å²) in [5.41, 5.74) is -0.125. The van der Waals surface area contributed by atoms with Gasteiger partial charge >= 0.3 is 0 Å². The largest absolute Gasteiger partial charge is 0.389 e. The van der Waals surface area contributed by atoms with Crippen molar-refractivity contribution < 1.29 is 9.84 Å². The minimum atomic E-state index is -0.411. The topological polar surface area (TPSA) is 41.5 Å². The first-order chi connectivity index (χ1) is 8.10. The molecule has 2 aliphatic carbocycles. The summed E-state index contributed by atoms with van der Waals surface area (Å²) in [4.78, 5) is 0. The van der Waals surface area contributed by atoms with Gasteiger partial charge in [-0.3, -0.25) is 0 Å². The number of nitrogens with one attached hydrogen (secondary N) is 1. The second kappa shape index (κ2) is 4.87. The maximum absolute atomic E-state index is 10.1. The van der Waals surface area contributed by atoms with Crippen LogP contribution in [0.2, 0.25) is 0 Å². The molecule has 0 aromatic rings. The lowest BCUT2D eigenvalue weighted by atomic mass is 9.58. The first-order valence-electron chi connectivity index (χ1n) is 7.09. The van der Waals surface area contributed by atoms with Crippen molar-refractivity contribution in [1.29, 1.82) is 0 Å². The lowest BCUT2D eigenvalue weighted by Gasteiger charge is -2.56. The average molecular weight is 241 g/mol. The summed E-state index contributed by atoms with van der Waals surface area (Å²) in [6.45, 7) is 5.26. The number of rotatable bonds is 6. The van der Waals surface area contributed by atoms with Crippen LogP contribution < -0.4 is 5.32 Å². The van der Waals surface area contributed by atoms with Crippen molar-refractivity contribution in [2.24, 2.45) is 5.41 Å². The summed E-state index contributed by atoms with van der Waals surface area (Å²) in [6, 6.07) is 0.520. The Morgan fingerprint density at radius 1 is 1.29 bits per heavy atom. The van der Waals surface area contributed by atoms with Gasteiger partial charge in [-0.1, -0.05) is 13.8 Å². The van der Waals surface area contributed by atoms with Crippen molar-refractivity contribution in [3.8, 4) is 0 Å². The highest BCUT2D eigenvalue weighted by molar-refractivity contribution is 5.07. The van der Waals surface area contributed by atoms with Gasteiger partial charge in [-0.2, -0.15) is 0 Å². The molecule has 3 heteroatoms. The van der Waals surface area contributed by atoms with Crippen LogP contribution in [0.1, 0.15) is 52.4 Å². The van der Waals surface area contributed by atoms with Gasteiger partial charge < -0.3 is 15.2 Å². The van der Waals surface area contributed by atoms with E-state index in [2.05, 4.69) is 19.2 Å². The highest BCUT2D eigenvalue weighted by Crippen LogP contribution is 2.48. The van der Waals surface area contributed by atoms with Crippen LogP contribution in [0, 0.1) is 5.41 Å². The molecule has 2 aliphatic rings. The van der Waals surface area contributed by atoms with Crippen molar-refractivity contribution in [1.82, 2.24) is 5.32 Å². The fourth-order valence-corrected chi connectivity index (χ4v) is 3.64. The molecular weight excluding hydrogens is 214 g/mol. The molecule has 3 nitrogen and oxygen atoms in total. The number of hydrogen-bond acceptors (Lipinski definition) is 3. The highest BCUT2D eigenvalue weighted by atomic mass is 16.5. The molecule has 0 saturated heterocycles. The molecule has 0 bridgehead atoms. The van der Waals surface area contributed by atoms with Crippen LogP contribution in [-0.2, 0) is 4.74 Å². The van der Waals surface area contributed by atoms with Gasteiger partial charge in [0.15, 0.2) is 0 Å². The van der Waals surface area contributed by atoms with Gasteiger partial charge in [0.2, 0.25) is 0 Å². The van der Waals surface area contributed by atoms with E-state index in [-0.39, 0.29) is 5.41 Å². The Bertz CT molecular complexity index is 259. The molecule has 2 rings (SSSR count). The van der Waals surface area contributed by atoms with Crippen LogP contribution in [0.25, 0.3) is 0 Å². The van der Waals surface area contributed by atoms with Gasteiger partial charge in [-0.05, 0) is 38.5 Å². The van der Waals surface area contributed by atoms with E-state index in [1.807, 2.05) is 7.11 Å². The lowest BCUT2D eigenvalue weighted by Crippen LogP contribution is -2.65. The fourth-order valence-electron chi connectivity index (χ4n) is 3.64. The Kier molecular flexibility index (Phi) is 3.81. The van der Waals surface area contributed by atoms with E-state index in [9.17, 15) is 5.11 Å². The summed E-state index contributed by atoms with van der Waals surface area (Å²) in [5.74, 6) is 0. The average Bonchev–Trinajstić information content (AvgIpc) is 2.27. The molecule has 0 amide bonds. The molecule has 0 aromatic carbocycles. The normalized spacial score (nSPS) is 33.9. The number of methoxy groups -OCH3 is 1. The monoisotopic (exact) mass is 241 g/mol. The standard InChI is InChI=1S/C14H27NO2/c1-4-14(5-2)11(9-12(14)17-3)15-10-13(16)7-6-8-13/h11-12,15-16H,4-10H2,1-3H3. The van der Waals surface area contributed by atoms with Crippen molar-refractivity contribution in [2.75, 3.05) is 13.7 Å². The Labute approximate surface area is 105 Å². The van der Waals surface area contributed by atoms with Gasteiger partial charge in [0, 0.05) is 25.1 Å². The minimum Gasteiger partial charge on any atom is -0.389 e. The van der Waals surface area contributed by atoms with Crippen molar-refractivity contribution in [2.45, 2.75) is 70.1 Å². The predicted molar refractivity (Wildman–Crippen MR) is 69.0 cm³/mol. The zero-order chi connectivity index (χ0) is 12.5. The molecule has 0 heterocycles. The molecule has 0 radical (unpaired) electrons. The van der Waals surface area contributed by atoms with Crippen LogP contribution in [0.5, 0.6) is 0 Å². The summed E-state index contributed by atoms with van der Waals surface area (Å²) in [7, 11) is 1.82. The van der Waals surface area contributed by atoms with Gasteiger partial charge in [-0.15, -0.1) is 0 Å². The quantitative estimate of drug-likeness (QED) is 0.748. The first-order valence-corrected chi connectivity index (χ1v) is 7.09.